The second kappa shape index (κ2) is 6.40. The number of rotatable bonds is 4. The van der Waals surface area contributed by atoms with E-state index in [9.17, 15) is 22.8 Å². The van der Waals surface area contributed by atoms with Gasteiger partial charge in [0, 0.05) is 21.0 Å². The van der Waals surface area contributed by atoms with Gasteiger partial charge >= 0.3 is 18.1 Å². The van der Waals surface area contributed by atoms with Gasteiger partial charge in [0.2, 0.25) is 0 Å². The Labute approximate surface area is 113 Å². The Morgan fingerprint density at radius 1 is 1.20 bits per heavy atom. The van der Waals surface area contributed by atoms with Gasteiger partial charge in [0.05, 0.1) is 0 Å². The van der Waals surface area contributed by atoms with Crippen LogP contribution in [0.1, 0.15) is 13.8 Å². The maximum atomic E-state index is 13.0. The summed E-state index contributed by atoms with van der Waals surface area (Å²) >= 11 is 0. The highest BCUT2D eigenvalue weighted by Crippen LogP contribution is 2.41. The van der Waals surface area contributed by atoms with Crippen molar-refractivity contribution in [1.29, 1.82) is 0 Å². The van der Waals surface area contributed by atoms with Crippen molar-refractivity contribution in [2.24, 2.45) is 5.92 Å². The summed E-state index contributed by atoms with van der Waals surface area (Å²) in [5.41, 5.74) is 0. The second-order valence-electron chi connectivity index (χ2n) is 4.22. The summed E-state index contributed by atoms with van der Waals surface area (Å²) in [6, 6.07) is 0. The lowest BCUT2D eigenvalue weighted by molar-refractivity contribution is -0.241. The number of carbonyl (C=O) groups excluding carboxylic acids is 2. The Balaban J connectivity index is 2.93. The van der Waals surface area contributed by atoms with Crippen molar-refractivity contribution < 1.29 is 41.7 Å². The number of hydrogen-bond acceptors (Lipinski definition) is 6. The van der Waals surface area contributed by atoms with Crippen LogP contribution < -0.4 is 0 Å². The molecule has 0 aromatic rings. The van der Waals surface area contributed by atoms with Crippen molar-refractivity contribution in [2.45, 2.75) is 38.5 Å². The molecule has 0 saturated carbocycles. The van der Waals surface area contributed by atoms with Crippen LogP contribution in [-0.2, 0) is 28.5 Å². The van der Waals surface area contributed by atoms with E-state index in [2.05, 4.69) is 14.2 Å². The zero-order valence-corrected chi connectivity index (χ0v) is 11.1. The highest BCUT2D eigenvalue weighted by molar-refractivity contribution is 5.66. The molecule has 0 aromatic heterocycles. The Hall–Kier alpha value is -1.35. The number of hydrogen-bond donors (Lipinski definition) is 0. The van der Waals surface area contributed by atoms with E-state index in [0.717, 1.165) is 21.0 Å². The lowest BCUT2D eigenvalue weighted by Gasteiger charge is -2.24. The summed E-state index contributed by atoms with van der Waals surface area (Å²) in [6.45, 7) is 1.63. The van der Waals surface area contributed by atoms with E-state index in [1.807, 2.05) is 0 Å². The topological polar surface area (TPSA) is 71.1 Å². The standard InChI is InChI=1S/C11H15F3O6/c1-5(15)18-4-7-9(19-6(2)16)8(11(12,13)14)10(17-3)20-7/h7-10H,4H2,1-3H3/t7-,8-,9-,10-/m1/s1. The molecule has 0 aliphatic carbocycles. The van der Waals surface area contributed by atoms with Crippen LogP contribution in [0.5, 0.6) is 0 Å². The minimum absolute atomic E-state index is 0.459. The number of esters is 2. The first-order valence-electron chi connectivity index (χ1n) is 5.72. The summed E-state index contributed by atoms with van der Waals surface area (Å²) in [5, 5.41) is 0. The van der Waals surface area contributed by atoms with Gasteiger partial charge in [-0.3, -0.25) is 9.59 Å². The van der Waals surface area contributed by atoms with E-state index in [4.69, 9.17) is 4.74 Å². The largest absolute Gasteiger partial charge is 0.463 e. The lowest BCUT2D eigenvalue weighted by atomic mass is 10.00. The van der Waals surface area contributed by atoms with Crippen LogP contribution in [0.3, 0.4) is 0 Å². The smallest absolute Gasteiger partial charge is 0.400 e. The SMILES string of the molecule is CO[C@@H]1O[C@H](COC(C)=O)[C@@H](OC(C)=O)[C@H]1C(F)(F)F. The van der Waals surface area contributed by atoms with E-state index in [-0.39, 0.29) is 0 Å². The third-order valence-corrected chi connectivity index (χ3v) is 2.69. The van der Waals surface area contributed by atoms with Gasteiger partial charge in [-0.15, -0.1) is 0 Å². The number of methoxy groups -OCH3 is 1. The van der Waals surface area contributed by atoms with Crippen LogP contribution in [-0.4, -0.2) is 50.3 Å². The predicted molar refractivity (Wildman–Crippen MR) is 57.4 cm³/mol. The maximum absolute atomic E-state index is 13.0. The van der Waals surface area contributed by atoms with Crippen LogP contribution in [0, 0.1) is 5.92 Å². The summed E-state index contributed by atoms with van der Waals surface area (Å²) in [5.74, 6) is -3.71. The molecule has 0 aromatic carbocycles. The molecule has 9 heteroatoms. The molecular weight excluding hydrogens is 285 g/mol. The average molecular weight is 300 g/mol. The molecule has 0 N–H and O–H groups in total. The van der Waals surface area contributed by atoms with E-state index in [0.29, 0.717) is 0 Å². The number of alkyl halides is 3. The highest BCUT2D eigenvalue weighted by atomic mass is 19.4. The van der Waals surface area contributed by atoms with Crippen molar-refractivity contribution in [3.63, 3.8) is 0 Å². The first-order valence-corrected chi connectivity index (χ1v) is 5.72. The van der Waals surface area contributed by atoms with Crippen molar-refractivity contribution in [2.75, 3.05) is 13.7 Å². The zero-order chi connectivity index (χ0) is 15.5. The number of carbonyl (C=O) groups is 2. The Morgan fingerprint density at radius 3 is 2.20 bits per heavy atom. The molecule has 1 heterocycles. The molecule has 0 amide bonds. The predicted octanol–water partition coefficient (Wildman–Crippen LogP) is 1.03. The molecule has 1 aliphatic heterocycles. The van der Waals surface area contributed by atoms with Gasteiger partial charge in [0.15, 0.2) is 6.29 Å². The van der Waals surface area contributed by atoms with Crippen LogP contribution in [0.2, 0.25) is 0 Å². The fourth-order valence-electron chi connectivity index (χ4n) is 1.94. The molecule has 1 saturated heterocycles. The van der Waals surface area contributed by atoms with E-state index in [1.165, 1.54) is 0 Å². The first-order chi connectivity index (χ1) is 9.16. The molecule has 116 valence electrons. The Bertz CT molecular complexity index is 370. The monoisotopic (exact) mass is 300 g/mol. The fraction of sp³-hybridized carbons (Fsp3) is 0.818. The van der Waals surface area contributed by atoms with Crippen molar-refractivity contribution >= 4 is 11.9 Å². The highest BCUT2D eigenvalue weighted by Gasteiger charge is 2.60. The molecule has 0 spiro atoms. The molecule has 1 rings (SSSR count). The summed E-state index contributed by atoms with van der Waals surface area (Å²) in [6.07, 6.45) is -9.18. The van der Waals surface area contributed by atoms with Gasteiger partial charge in [0.1, 0.15) is 24.7 Å². The van der Waals surface area contributed by atoms with Crippen LogP contribution >= 0.6 is 0 Å². The summed E-state index contributed by atoms with van der Waals surface area (Å²) in [4.78, 5) is 21.7. The molecule has 1 fully saturated rings. The first kappa shape index (κ1) is 16.7. The maximum Gasteiger partial charge on any atom is 0.400 e. The fourth-order valence-corrected chi connectivity index (χ4v) is 1.94. The van der Waals surface area contributed by atoms with Gasteiger partial charge < -0.3 is 18.9 Å². The van der Waals surface area contributed by atoms with Gasteiger partial charge in [-0.25, -0.2) is 0 Å². The molecule has 1 aliphatic rings. The van der Waals surface area contributed by atoms with Gasteiger partial charge in [-0.2, -0.15) is 13.2 Å². The van der Waals surface area contributed by atoms with Crippen molar-refractivity contribution in [3.05, 3.63) is 0 Å². The second-order valence-corrected chi connectivity index (χ2v) is 4.22. The molecule has 6 nitrogen and oxygen atoms in total. The van der Waals surface area contributed by atoms with Crippen molar-refractivity contribution in [3.8, 4) is 0 Å². The molecular formula is C11H15F3O6. The Kier molecular flexibility index (Phi) is 5.35. The normalized spacial score (nSPS) is 30.1. The number of halogens is 3. The van der Waals surface area contributed by atoms with Gasteiger partial charge in [-0.05, 0) is 0 Å². The Morgan fingerprint density at radius 2 is 1.80 bits per heavy atom. The third-order valence-electron chi connectivity index (χ3n) is 2.69. The molecule has 4 atom stereocenters. The summed E-state index contributed by atoms with van der Waals surface area (Å²) in [7, 11) is 1.04. The van der Waals surface area contributed by atoms with Crippen LogP contribution in [0.25, 0.3) is 0 Å². The van der Waals surface area contributed by atoms with Gasteiger partial charge in [0.25, 0.3) is 0 Å². The van der Waals surface area contributed by atoms with Crippen LogP contribution in [0.15, 0.2) is 0 Å². The average Bonchev–Trinajstić information content (AvgIpc) is 2.63. The van der Waals surface area contributed by atoms with E-state index in [1.54, 1.807) is 0 Å². The molecule has 0 unspecified atom stereocenters. The van der Waals surface area contributed by atoms with E-state index < -0.39 is 49.1 Å². The van der Waals surface area contributed by atoms with Crippen molar-refractivity contribution in [1.82, 2.24) is 0 Å². The quantitative estimate of drug-likeness (QED) is 0.722. The minimum Gasteiger partial charge on any atom is -0.463 e. The van der Waals surface area contributed by atoms with Gasteiger partial charge in [-0.1, -0.05) is 0 Å². The molecule has 0 bridgehead atoms. The zero-order valence-electron chi connectivity index (χ0n) is 11.1. The van der Waals surface area contributed by atoms with E-state index >= 15 is 0 Å². The molecule has 20 heavy (non-hydrogen) atoms. The lowest BCUT2D eigenvalue weighted by Crippen LogP contribution is -2.43. The third kappa shape index (κ3) is 4.07. The number of ether oxygens (including phenoxy) is 4. The van der Waals surface area contributed by atoms with Crippen LogP contribution in [0.4, 0.5) is 13.2 Å². The minimum atomic E-state index is -4.69. The molecule has 0 radical (unpaired) electrons. The summed E-state index contributed by atoms with van der Waals surface area (Å²) < 4.78 is 58.0.